The number of hydrogen-bond acceptors (Lipinski definition) is 4. The molecule has 1 atom stereocenters. The minimum Gasteiger partial charge on any atom is -0.378 e. The number of likely N-dealkylation sites (N-methyl/N-ethyl adjacent to an activating group) is 1. The highest BCUT2D eigenvalue weighted by atomic mass is 16.5. The van der Waals surface area contributed by atoms with Crippen molar-refractivity contribution in [3.63, 3.8) is 0 Å². The largest absolute Gasteiger partial charge is 0.378 e. The van der Waals surface area contributed by atoms with Crippen molar-refractivity contribution in [3.05, 3.63) is 0 Å². The van der Waals surface area contributed by atoms with Crippen LogP contribution in [0.4, 0.5) is 0 Å². The third-order valence-corrected chi connectivity index (χ3v) is 4.19. The second kappa shape index (κ2) is 8.90. The molecule has 0 aliphatic carbocycles. The van der Waals surface area contributed by atoms with E-state index >= 15 is 0 Å². The van der Waals surface area contributed by atoms with Crippen LogP contribution in [0.5, 0.6) is 0 Å². The Morgan fingerprint density at radius 2 is 2.11 bits per heavy atom. The molecule has 0 saturated carbocycles. The van der Waals surface area contributed by atoms with Crippen molar-refractivity contribution in [2.45, 2.75) is 51.2 Å². The summed E-state index contributed by atoms with van der Waals surface area (Å²) >= 11 is 0. The lowest BCUT2D eigenvalue weighted by molar-refractivity contribution is 0.0240. The minimum absolute atomic E-state index is 0.477. The summed E-state index contributed by atoms with van der Waals surface area (Å²) in [4.78, 5) is 2.50. The highest BCUT2D eigenvalue weighted by molar-refractivity contribution is 4.71. The predicted octanol–water partition coefficient (Wildman–Crippen LogP) is 1.65. The summed E-state index contributed by atoms with van der Waals surface area (Å²) in [6, 6.07) is 0. The lowest BCUT2D eigenvalue weighted by Crippen LogP contribution is -2.34. The van der Waals surface area contributed by atoms with E-state index in [1.807, 2.05) is 0 Å². The molecular formula is C15H30N2O2. The van der Waals surface area contributed by atoms with Gasteiger partial charge in [0.1, 0.15) is 0 Å². The van der Waals surface area contributed by atoms with Crippen molar-refractivity contribution in [2.75, 3.05) is 45.9 Å². The molecule has 4 heteroatoms. The molecule has 0 amide bonds. The van der Waals surface area contributed by atoms with Crippen molar-refractivity contribution >= 4 is 0 Å². The van der Waals surface area contributed by atoms with Gasteiger partial charge in [0.25, 0.3) is 0 Å². The van der Waals surface area contributed by atoms with Crippen LogP contribution in [0.15, 0.2) is 0 Å². The summed E-state index contributed by atoms with van der Waals surface area (Å²) < 4.78 is 11.7. The van der Waals surface area contributed by atoms with Gasteiger partial charge < -0.3 is 19.7 Å². The van der Waals surface area contributed by atoms with Crippen molar-refractivity contribution < 1.29 is 9.47 Å². The molecule has 0 spiro atoms. The van der Waals surface area contributed by atoms with Gasteiger partial charge in [0.05, 0.1) is 12.2 Å². The Balaban J connectivity index is 1.52. The second-order valence-electron chi connectivity index (χ2n) is 5.70. The Hall–Kier alpha value is -0.160. The van der Waals surface area contributed by atoms with E-state index in [4.69, 9.17) is 9.47 Å². The van der Waals surface area contributed by atoms with Gasteiger partial charge >= 0.3 is 0 Å². The maximum atomic E-state index is 5.95. The van der Waals surface area contributed by atoms with Crippen LogP contribution < -0.4 is 5.32 Å². The maximum absolute atomic E-state index is 5.95. The van der Waals surface area contributed by atoms with E-state index in [9.17, 15) is 0 Å². The van der Waals surface area contributed by atoms with Crippen LogP contribution in [-0.2, 0) is 9.47 Å². The van der Waals surface area contributed by atoms with E-state index in [0.717, 1.165) is 52.4 Å². The summed E-state index contributed by atoms with van der Waals surface area (Å²) in [7, 11) is 0. The van der Waals surface area contributed by atoms with E-state index in [1.165, 1.54) is 25.7 Å². The zero-order valence-corrected chi connectivity index (χ0v) is 12.4. The highest BCUT2D eigenvalue weighted by Gasteiger charge is 2.18. The SMILES string of the molecule is CCN(CCCOC1CCNCC1)CC1CCCO1. The molecule has 112 valence electrons. The monoisotopic (exact) mass is 270 g/mol. The van der Waals surface area contributed by atoms with Gasteiger partial charge in [-0.2, -0.15) is 0 Å². The van der Waals surface area contributed by atoms with E-state index in [0.29, 0.717) is 12.2 Å². The second-order valence-corrected chi connectivity index (χ2v) is 5.70. The third kappa shape index (κ3) is 5.78. The molecule has 2 fully saturated rings. The van der Waals surface area contributed by atoms with Crippen LogP contribution in [0, 0.1) is 0 Å². The first-order chi connectivity index (χ1) is 9.38. The molecule has 2 heterocycles. The number of piperidine rings is 1. The fourth-order valence-electron chi connectivity index (χ4n) is 2.96. The van der Waals surface area contributed by atoms with E-state index in [1.54, 1.807) is 0 Å². The topological polar surface area (TPSA) is 33.7 Å². The van der Waals surface area contributed by atoms with Crippen molar-refractivity contribution in [1.82, 2.24) is 10.2 Å². The van der Waals surface area contributed by atoms with Gasteiger partial charge in [0.15, 0.2) is 0 Å². The van der Waals surface area contributed by atoms with E-state index in [-0.39, 0.29) is 0 Å². The molecule has 0 aromatic carbocycles. The summed E-state index contributed by atoms with van der Waals surface area (Å²) in [6.45, 7) is 9.70. The molecule has 1 unspecified atom stereocenters. The highest BCUT2D eigenvalue weighted by Crippen LogP contribution is 2.13. The van der Waals surface area contributed by atoms with Crippen molar-refractivity contribution in [1.29, 1.82) is 0 Å². The Morgan fingerprint density at radius 1 is 1.26 bits per heavy atom. The molecule has 2 saturated heterocycles. The van der Waals surface area contributed by atoms with Crippen LogP contribution in [0.1, 0.15) is 39.0 Å². The van der Waals surface area contributed by atoms with Gasteiger partial charge in [-0.25, -0.2) is 0 Å². The first kappa shape index (κ1) is 15.2. The first-order valence-corrected chi connectivity index (χ1v) is 8.04. The Kier molecular flexibility index (Phi) is 7.14. The minimum atomic E-state index is 0.477. The standard InChI is InChI=1S/C15H30N2O2/c1-2-17(13-15-5-3-11-19-15)10-4-12-18-14-6-8-16-9-7-14/h14-16H,2-13H2,1H3. The molecule has 0 bridgehead atoms. The summed E-state index contributed by atoms with van der Waals surface area (Å²) in [5, 5.41) is 3.37. The predicted molar refractivity (Wildman–Crippen MR) is 77.5 cm³/mol. The van der Waals surface area contributed by atoms with Gasteiger partial charge in [-0.3, -0.25) is 0 Å². The van der Waals surface area contributed by atoms with Gasteiger partial charge in [-0.05, 0) is 51.7 Å². The van der Waals surface area contributed by atoms with Crippen molar-refractivity contribution in [3.8, 4) is 0 Å². The molecule has 0 aromatic rings. The lowest BCUT2D eigenvalue weighted by atomic mass is 10.1. The van der Waals surface area contributed by atoms with Gasteiger partial charge in [0.2, 0.25) is 0 Å². The molecule has 4 nitrogen and oxygen atoms in total. The van der Waals surface area contributed by atoms with E-state index < -0.39 is 0 Å². The number of nitrogens with one attached hydrogen (secondary N) is 1. The van der Waals surface area contributed by atoms with Crippen LogP contribution in [0.2, 0.25) is 0 Å². The Labute approximate surface area is 117 Å². The lowest BCUT2D eigenvalue weighted by Gasteiger charge is -2.25. The van der Waals surface area contributed by atoms with Gasteiger partial charge in [0, 0.05) is 26.3 Å². The first-order valence-electron chi connectivity index (χ1n) is 8.04. The summed E-state index contributed by atoms with van der Waals surface area (Å²) in [6.07, 6.45) is 6.94. The maximum Gasteiger partial charge on any atom is 0.0702 e. The smallest absolute Gasteiger partial charge is 0.0702 e. The van der Waals surface area contributed by atoms with Gasteiger partial charge in [-0.15, -0.1) is 0 Å². The Bertz CT molecular complexity index is 226. The number of ether oxygens (including phenoxy) is 2. The molecule has 2 aliphatic heterocycles. The fourth-order valence-corrected chi connectivity index (χ4v) is 2.96. The summed E-state index contributed by atoms with van der Waals surface area (Å²) in [5.41, 5.74) is 0. The number of rotatable bonds is 8. The summed E-state index contributed by atoms with van der Waals surface area (Å²) in [5.74, 6) is 0. The average Bonchev–Trinajstić information content (AvgIpc) is 2.96. The van der Waals surface area contributed by atoms with Crippen molar-refractivity contribution in [2.24, 2.45) is 0 Å². The normalized spacial score (nSPS) is 25.3. The zero-order valence-electron chi connectivity index (χ0n) is 12.4. The van der Waals surface area contributed by atoms with Gasteiger partial charge in [-0.1, -0.05) is 6.92 Å². The fraction of sp³-hybridized carbons (Fsp3) is 1.00. The molecule has 2 rings (SSSR count). The third-order valence-electron chi connectivity index (χ3n) is 4.19. The van der Waals surface area contributed by atoms with Crippen LogP contribution in [0.25, 0.3) is 0 Å². The van der Waals surface area contributed by atoms with Crippen LogP contribution in [-0.4, -0.2) is 63.0 Å². The zero-order chi connectivity index (χ0) is 13.3. The molecule has 0 radical (unpaired) electrons. The number of nitrogens with zero attached hydrogens (tertiary/aromatic N) is 1. The quantitative estimate of drug-likeness (QED) is 0.680. The van der Waals surface area contributed by atoms with E-state index in [2.05, 4.69) is 17.1 Å². The molecule has 2 aliphatic rings. The molecular weight excluding hydrogens is 240 g/mol. The molecule has 1 N–H and O–H groups in total. The molecule has 0 aromatic heterocycles. The average molecular weight is 270 g/mol. The molecule has 19 heavy (non-hydrogen) atoms. The Morgan fingerprint density at radius 3 is 2.79 bits per heavy atom. The van der Waals surface area contributed by atoms with Crippen LogP contribution >= 0.6 is 0 Å². The number of hydrogen-bond donors (Lipinski definition) is 1. The van der Waals surface area contributed by atoms with Crippen LogP contribution in [0.3, 0.4) is 0 Å².